The number of amides is 2. The molecule has 0 aliphatic rings. The van der Waals surface area contributed by atoms with Crippen molar-refractivity contribution in [3.63, 3.8) is 0 Å². The van der Waals surface area contributed by atoms with E-state index in [-0.39, 0.29) is 18.2 Å². The fourth-order valence-corrected chi connectivity index (χ4v) is 2.19. The first-order valence-electron chi connectivity index (χ1n) is 7.59. The minimum absolute atomic E-state index is 0.0769. The second-order valence-electron chi connectivity index (χ2n) is 5.27. The number of carbonyl (C=O) groups excluding carboxylic acids is 2. The van der Waals surface area contributed by atoms with Crippen LogP contribution >= 0.6 is 0 Å². The molecule has 8 nitrogen and oxygen atoms in total. The normalized spacial score (nSPS) is 10.5. The van der Waals surface area contributed by atoms with E-state index < -0.39 is 0 Å². The summed E-state index contributed by atoms with van der Waals surface area (Å²) >= 11 is 0. The Balaban J connectivity index is 1.59. The van der Waals surface area contributed by atoms with Crippen LogP contribution in [0.25, 0.3) is 0 Å². The van der Waals surface area contributed by atoms with Gasteiger partial charge in [0.05, 0.1) is 5.69 Å². The molecule has 2 amide bonds. The van der Waals surface area contributed by atoms with E-state index in [9.17, 15) is 9.59 Å². The number of nitrogens with one attached hydrogen (secondary N) is 2. The number of aromatic nitrogens is 4. The summed E-state index contributed by atoms with van der Waals surface area (Å²) in [4.78, 5) is 23.6. The van der Waals surface area contributed by atoms with Crippen molar-refractivity contribution in [1.82, 2.24) is 30.2 Å². The standard InChI is InChI=1S/C15H22N6O2/c1-12-11-13(20(2)19-12)15(23)17-8-5-14(22)16-6-3-9-21-10-4-7-18-21/h4,7,10-11H,3,5-6,8-9H2,1-2H3,(H,16,22)(H,17,23). The van der Waals surface area contributed by atoms with Crippen LogP contribution in [0, 0.1) is 6.92 Å². The maximum absolute atomic E-state index is 11.9. The van der Waals surface area contributed by atoms with Crippen LogP contribution in [-0.2, 0) is 18.4 Å². The van der Waals surface area contributed by atoms with Crippen molar-refractivity contribution in [2.45, 2.75) is 26.3 Å². The Morgan fingerprint density at radius 2 is 2.09 bits per heavy atom. The second-order valence-corrected chi connectivity index (χ2v) is 5.27. The van der Waals surface area contributed by atoms with E-state index in [0.717, 1.165) is 18.7 Å². The van der Waals surface area contributed by atoms with Crippen molar-refractivity contribution in [3.8, 4) is 0 Å². The van der Waals surface area contributed by atoms with Gasteiger partial charge in [-0.1, -0.05) is 0 Å². The van der Waals surface area contributed by atoms with Crippen LogP contribution in [0.5, 0.6) is 0 Å². The van der Waals surface area contributed by atoms with Gasteiger partial charge >= 0.3 is 0 Å². The van der Waals surface area contributed by atoms with Gasteiger partial charge < -0.3 is 10.6 Å². The Morgan fingerprint density at radius 1 is 1.26 bits per heavy atom. The molecule has 0 atom stereocenters. The number of rotatable bonds is 8. The van der Waals surface area contributed by atoms with E-state index in [1.807, 2.05) is 23.9 Å². The smallest absolute Gasteiger partial charge is 0.269 e. The summed E-state index contributed by atoms with van der Waals surface area (Å²) in [7, 11) is 1.72. The maximum atomic E-state index is 11.9. The third-order valence-corrected chi connectivity index (χ3v) is 3.32. The van der Waals surface area contributed by atoms with Crippen LogP contribution in [0.15, 0.2) is 24.5 Å². The lowest BCUT2D eigenvalue weighted by molar-refractivity contribution is -0.120. The third-order valence-electron chi connectivity index (χ3n) is 3.32. The van der Waals surface area contributed by atoms with Crippen molar-refractivity contribution in [2.24, 2.45) is 7.05 Å². The Hall–Kier alpha value is -2.64. The number of hydrogen-bond donors (Lipinski definition) is 2. The van der Waals surface area contributed by atoms with Gasteiger partial charge in [0, 0.05) is 45.5 Å². The second kappa shape index (κ2) is 8.11. The molecule has 2 aromatic heterocycles. The molecular weight excluding hydrogens is 296 g/mol. The third kappa shape index (κ3) is 5.24. The van der Waals surface area contributed by atoms with E-state index in [0.29, 0.717) is 18.8 Å². The summed E-state index contributed by atoms with van der Waals surface area (Å²) in [5.74, 6) is -0.300. The lowest BCUT2D eigenvalue weighted by atomic mass is 10.3. The minimum atomic E-state index is -0.223. The average Bonchev–Trinajstić information content (AvgIpc) is 3.13. The molecule has 0 bridgehead atoms. The molecule has 8 heteroatoms. The Morgan fingerprint density at radius 3 is 2.74 bits per heavy atom. The molecule has 0 radical (unpaired) electrons. The summed E-state index contributed by atoms with van der Waals surface area (Å²) in [5.41, 5.74) is 1.27. The molecule has 0 aromatic carbocycles. The fraction of sp³-hybridized carbons (Fsp3) is 0.467. The lowest BCUT2D eigenvalue weighted by Crippen LogP contribution is -2.32. The van der Waals surface area contributed by atoms with Crippen molar-refractivity contribution >= 4 is 11.8 Å². The van der Waals surface area contributed by atoms with Crippen LogP contribution in [0.2, 0.25) is 0 Å². The summed E-state index contributed by atoms with van der Waals surface area (Å²) in [6.45, 7) is 3.49. The monoisotopic (exact) mass is 318 g/mol. The summed E-state index contributed by atoms with van der Waals surface area (Å²) in [5, 5.41) is 13.8. The molecule has 23 heavy (non-hydrogen) atoms. The molecule has 124 valence electrons. The van der Waals surface area contributed by atoms with Crippen molar-refractivity contribution in [2.75, 3.05) is 13.1 Å². The number of aryl methyl sites for hydroxylation is 3. The van der Waals surface area contributed by atoms with E-state index in [1.165, 1.54) is 4.68 Å². The van der Waals surface area contributed by atoms with Crippen LogP contribution in [-0.4, -0.2) is 44.5 Å². The quantitative estimate of drug-likeness (QED) is 0.682. The molecule has 0 unspecified atom stereocenters. The van der Waals surface area contributed by atoms with Crippen molar-refractivity contribution in [3.05, 3.63) is 35.9 Å². The first-order valence-corrected chi connectivity index (χ1v) is 7.59. The molecule has 0 saturated heterocycles. The van der Waals surface area contributed by atoms with Gasteiger partial charge in [-0.25, -0.2) is 0 Å². The molecule has 0 spiro atoms. The van der Waals surface area contributed by atoms with E-state index >= 15 is 0 Å². The van der Waals surface area contributed by atoms with Crippen molar-refractivity contribution < 1.29 is 9.59 Å². The van der Waals surface area contributed by atoms with Gasteiger partial charge in [-0.15, -0.1) is 0 Å². The van der Waals surface area contributed by atoms with Gasteiger partial charge in [0.2, 0.25) is 5.91 Å². The number of nitrogens with zero attached hydrogens (tertiary/aromatic N) is 4. The zero-order valence-corrected chi connectivity index (χ0v) is 13.5. The highest BCUT2D eigenvalue weighted by atomic mass is 16.2. The number of carbonyl (C=O) groups is 2. The first-order chi connectivity index (χ1) is 11.1. The van der Waals surface area contributed by atoms with E-state index in [1.54, 1.807) is 19.3 Å². The largest absolute Gasteiger partial charge is 0.356 e. The highest BCUT2D eigenvalue weighted by Crippen LogP contribution is 2.01. The van der Waals surface area contributed by atoms with Gasteiger partial charge in [-0.2, -0.15) is 10.2 Å². The summed E-state index contributed by atoms with van der Waals surface area (Å²) in [6.07, 6.45) is 4.68. The molecule has 2 aromatic rings. The zero-order chi connectivity index (χ0) is 16.7. The molecule has 2 N–H and O–H groups in total. The molecule has 0 saturated carbocycles. The van der Waals surface area contributed by atoms with Crippen LogP contribution in [0.3, 0.4) is 0 Å². The fourth-order valence-electron chi connectivity index (χ4n) is 2.19. The highest BCUT2D eigenvalue weighted by Gasteiger charge is 2.11. The highest BCUT2D eigenvalue weighted by molar-refractivity contribution is 5.92. The predicted octanol–water partition coefficient (Wildman–Crippen LogP) is 0.251. The van der Waals surface area contributed by atoms with Gasteiger partial charge in [-0.3, -0.25) is 19.0 Å². The zero-order valence-electron chi connectivity index (χ0n) is 13.5. The van der Waals surface area contributed by atoms with E-state index in [4.69, 9.17) is 0 Å². The van der Waals surface area contributed by atoms with Gasteiger partial charge in [0.25, 0.3) is 5.91 Å². The van der Waals surface area contributed by atoms with E-state index in [2.05, 4.69) is 20.8 Å². The van der Waals surface area contributed by atoms with Gasteiger partial charge in [-0.05, 0) is 25.5 Å². The topological polar surface area (TPSA) is 93.8 Å². The molecule has 0 aliphatic carbocycles. The Labute approximate surface area is 134 Å². The van der Waals surface area contributed by atoms with Crippen LogP contribution < -0.4 is 10.6 Å². The maximum Gasteiger partial charge on any atom is 0.269 e. The van der Waals surface area contributed by atoms with Crippen LogP contribution in [0.1, 0.15) is 29.0 Å². The first kappa shape index (κ1) is 16.7. The molecule has 0 aliphatic heterocycles. The lowest BCUT2D eigenvalue weighted by Gasteiger charge is -2.07. The summed E-state index contributed by atoms with van der Waals surface area (Å²) in [6, 6.07) is 3.58. The molecule has 2 heterocycles. The van der Waals surface area contributed by atoms with Gasteiger partial charge in [0.15, 0.2) is 0 Å². The molecule has 0 fully saturated rings. The SMILES string of the molecule is Cc1cc(C(=O)NCCC(=O)NCCCn2cccn2)n(C)n1. The Bertz CT molecular complexity index is 647. The van der Waals surface area contributed by atoms with Gasteiger partial charge in [0.1, 0.15) is 5.69 Å². The van der Waals surface area contributed by atoms with Crippen LogP contribution in [0.4, 0.5) is 0 Å². The average molecular weight is 318 g/mol. The Kier molecular flexibility index (Phi) is 5.90. The molecular formula is C15H22N6O2. The molecule has 2 rings (SSSR count). The van der Waals surface area contributed by atoms with Crippen molar-refractivity contribution in [1.29, 1.82) is 0 Å². The number of hydrogen-bond acceptors (Lipinski definition) is 4. The predicted molar refractivity (Wildman–Crippen MR) is 84.7 cm³/mol. The minimum Gasteiger partial charge on any atom is -0.356 e. The summed E-state index contributed by atoms with van der Waals surface area (Å²) < 4.78 is 3.35.